The molecule has 0 saturated carbocycles. The second-order valence-corrected chi connectivity index (χ2v) is 8.41. The maximum atomic E-state index is 13.6. The van der Waals surface area contributed by atoms with Gasteiger partial charge in [0.25, 0.3) is 5.91 Å². The van der Waals surface area contributed by atoms with E-state index in [2.05, 4.69) is 39.4 Å². The van der Waals surface area contributed by atoms with Gasteiger partial charge in [0.15, 0.2) is 5.82 Å². The molecule has 1 unspecified atom stereocenters. The molecule has 1 amide bonds. The van der Waals surface area contributed by atoms with E-state index in [9.17, 15) is 9.59 Å². The number of amides is 1. The van der Waals surface area contributed by atoms with Crippen LogP contribution in [-0.2, 0) is 11.3 Å². The predicted molar refractivity (Wildman–Crippen MR) is 133 cm³/mol. The number of hydrogen-bond acceptors (Lipinski definition) is 7. The molecule has 1 atom stereocenters. The van der Waals surface area contributed by atoms with Crippen molar-refractivity contribution in [3.8, 4) is 11.6 Å². The number of benzene rings is 3. The molecule has 0 N–H and O–H groups in total. The molecule has 0 aliphatic carbocycles. The van der Waals surface area contributed by atoms with Gasteiger partial charge in [-0.3, -0.25) is 9.32 Å². The predicted octanol–water partition coefficient (Wildman–Crippen LogP) is 3.82. The first-order valence-electron chi connectivity index (χ1n) is 11.4. The van der Waals surface area contributed by atoms with Crippen LogP contribution in [0.15, 0.2) is 106 Å². The summed E-state index contributed by atoms with van der Waals surface area (Å²) in [7, 11) is 0. The van der Waals surface area contributed by atoms with Crippen LogP contribution >= 0.6 is 0 Å². The minimum absolute atomic E-state index is 0.0862. The molecular weight excluding hydrogens is 456 g/mol. The molecule has 9 heteroatoms. The first kappa shape index (κ1) is 21.6. The Morgan fingerprint density at radius 1 is 0.917 bits per heavy atom. The Kier molecular flexibility index (Phi) is 5.42. The number of fused-ring (bicyclic) bond motifs is 1. The third kappa shape index (κ3) is 3.96. The van der Waals surface area contributed by atoms with E-state index in [4.69, 9.17) is 9.62 Å². The highest BCUT2D eigenvalue weighted by molar-refractivity contribution is 6.05. The topological polar surface area (TPSA) is 106 Å². The summed E-state index contributed by atoms with van der Waals surface area (Å²) in [5.74, 6) is -0.859. The average Bonchev–Trinajstić information content (AvgIpc) is 3.54. The van der Waals surface area contributed by atoms with Gasteiger partial charge in [-0.15, -0.1) is 0 Å². The molecule has 9 nitrogen and oxygen atoms in total. The van der Waals surface area contributed by atoms with Crippen molar-refractivity contribution in [1.29, 1.82) is 0 Å². The molecule has 0 spiro atoms. The summed E-state index contributed by atoms with van der Waals surface area (Å²) in [6.07, 6.45) is 3.60. The van der Waals surface area contributed by atoms with Crippen molar-refractivity contribution in [3.63, 3.8) is 0 Å². The first-order chi connectivity index (χ1) is 17.7. The van der Waals surface area contributed by atoms with Crippen LogP contribution < -0.4 is 5.76 Å². The quantitative estimate of drug-likeness (QED) is 0.382. The summed E-state index contributed by atoms with van der Waals surface area (Å²) in [5, 5.41) is 12.2. The SMILES string of the molecule is O=C(Cn1c(-c2ncccn2)noc1=O)N1N=C(c2ccc3ccccc3c2)CC1c1ccccc1. The lowest BCUT2D eigenvalue weighted by atomic mass is 9.97. The van der Waals surface area contributed by atoms with Crippen LogP contribution in [0.3, 0.4) is 0 Å². The van der Waals surface area contributed by atoms with E-state index in [1.165, 1.54) is 17.4 Å². The number of hydrogen-bond donors (Lipinski definition) is 0. The Morgan fingerprint density at radius 2 is 1.67 bits per heavy atom. The number of nitrogens with zero attached hydrogens (tertiary/aromatic N) is 6. The number of carbonyl (C=O) groups is 1. The standard InChI is InChI=1S/C27H20N6O3/c34-24(17-32-26(31-36-27(32)35)25-28-13-6-14-29-25)33-23(19-8-2-1-3-9-19)16-22(30-33)21-12-11-18-7-4-5-10-20(18)15-21/h1-15,23H,16-17H2. The van der Waals surface area contributed by atoms with E-state index in [1.54, 1.807) is 6.07 Å². The number of carbonyl (C=O) groups excluding carboxylic acids is 1. The van der Waals surface area contributed by atoms with Crippen LogP contribution in [0.25, 0.3) is 22.4 Å². The van der Waals surface area contributed by atoms with Crippen molar-refractivity contribution in [2.75, 3.05) is 0 Å². The van der Waals surface area contributed by atoms with Crippen LogP contribution in [0.5, 0.6) is 0 Å². The second kappa shape index (κ2) is 9.03. The van der Waals surface area contributed by atoms with Crippen LogP contribution in [0.4, 0.5) is 0 Å². The third-order valence-corrected chi connectivity index (χ3v) is 6.18. The molecule has 6 rings (SSSR count). The minimum atomic E-state index is -0.764. The zero-order chi connectivity index (χ0) is 24.5. The monoisotopic (exact) mass is 476 g/mol. The zero-order valence-corrected chi connectivity index (χ0v) is 19.1. The van der Waals surface area contributed by atoms with Crippen LogP contribution in [0, 0.1) is 0 Å². The molecule has 36 heavy (non-hydrogen) atoms. The average molecular weight is 476 g/mol. The van der Waals surface area contributed by atoms with Crippen molar-refractivity contribution in [3.05, 3.63) is 113 Å². The highest BCUT2D eigenvalue weighted by Crippen LogP contribution is 2.33. The molecule has 1 aliphatic rings. The molecule has 0 radical (unpaired) electrons. The maximum Gasteiger partial charge on any atom is 0.442 e. The van der Waals surface area contributed by atoms with Crippen molar-refractivity contribution < 1.29 is 9.32 Å². The van der Waals surface area contributed by atoms with E-state index in [0.29, 0.717) is 6.42 Å². The van der Waals surface area contributed by atoms with Gasteiger partial charge in [-0.1, -0.05) is 71.9 Å². The van der Waals surface area contributed by atoms with Gasteiger partial charge in [0.2, 0.25) is 5.82 Å². The summed E-state index contributed by atoms with van der Waals surface area (Å²) >= 11 is 0. The fourth-order valence-corrected chi connectivity index (χ4v) is 4.41. The van der Waals surface area contributed by atoms with E-state index in [-0.39, 0.29) is 30.1 Å². The summed E-state index contributed by atoms with van der Waals surface area (Å²) in [4.78, 5) is 34.2. The lowest BCUT2D eigenvalue weighted by Crippen LogP contribution is -2.33. The molecule has 0 fully saturated rings. The molecular formula is C27H20N6O3. The summed E-state index contributed by atoms with van der Waals surface area (Å²) in [5.41, 5.74) is 2.70. The summed E-state index contributed by atoms with van der Waals surface area (Å²) < 4.78 is 5.96. The van der Waals surface area contributed by atoms with E-state index >= 15 is 0 Å². The van der Waals surface area contributed by atoms with E-state index in [1.807, 2.05) is 48.5 Å². The zero-order valence-electron chi connectivity index (χ0n) is 19.1. The molecule has 2 aromatic heterocycles. The largest absolute Gasteiger partial charge is 0.442 e. The van der Waals surface area contributed by atoms with Gasteiger partial charge < -0.3 is 0 Å². The van der Waals surface area contributed by atoms with E-state index in [0.717, 1.165) is 32.2 Å². The third-order valence-electron chi connectivity index (χ3n) is 6.18. The van der Waals surface area contributed by atoms with E-state index < -0.39 is 5.76 Å². The summed E-state index contributed by atoms with van der Waals surface area (Å²) in [6, 6.07) is 25.3. The van der Waals surface area contributed by atoms with Crippen molar-refractivity contribution in [2.24, 2.45) is 5.10 Å². The highest BCUT2D eigenvalue weighted by Gasteiger charge is 2.34. The van der Waals surface area contributed by atoms with Gasteiger partial charge in [-0.2, -0.15) is 5.10 Å². The highest BCUT2D eigenvalue weighted by atomic mass is 16.5. The second-order valence-electron chi connectivity index (χ2n) is 8.41. The first-order valence-corrected chi connectivity index (χ1v) is 11.4. The van der Waals surface area contributed by atoms with Gasteiger partial charge >= 0.3 is 5.76 Å². The Bertz CT molecular complexity index is 1640. The Hall–Kier alpha value is -4.92. The van der Waals surface area contributed by atoms with Crippen molar-refractivity contribution >= 4 is 22.4 Å². The molecule has 3 heterocycles. The van der Waals surface area contributed by atoms with Crippen molar-refractivity contribution in [2.45, 2.75) is 19.0 Å². The lowest BCUT2D eigenvalue weighted by molar-refractivity contribution is -0.133. The fraction of sp³-hybridized carbons (Fsp3) is 0.111. The Labute approximate surface area is 205 Å². The molecule has 1 aliphatic heterocycles. The summed E-state index contributed by atoms with van der Waals surface area (Å²) in [6.45, 7) is -0.312. The maximum absolute atomic E-state index is 13.6. The molecule has 5 aromatic rings. The Morgan fingerprint density at radius 3 is 2.47 bits per heavy atom. The van der Waals surface area contributed by atoms with Gasteiger partial charge in [0.1, 0.15) is 6.54 Å². The normalized spacial score (nSPS) is 15.3. The molecule has 0 bridgehead atoms. The number of aromatic nitrogens is 4. The van der Waals surface area contributed by atoms with Crippen LogP contribution in [-0.4, -0.2) is 36.3 Å². The molecule has 3 aromatic carbocycles. The minimum Gasteiger partial charge on any atom is -0.295 e. The van der Waals surface area contributed by atoms with Gasteiger partial charge in [-0.25, -0.2) is 24.3 Å². The lowest BCUT2D eigenvalue weighted by Gasteiger charge is -2.22. The molecule has 176 valence electrons. The number of hydrazone groups is 1. The Balaban J connectivity index is 1.36. The fourth-order valence-electron chi connectivity index (χ4n) is 4.41. The van der Waals surface area contributed by atoms with Crippen molar-refractivity contribution in [1.82, 2.24) is 24.7 Å². The van der Waals surface area contributed by atoms with Crippen LogP contribution in [0.2, 0.25) is 0 Å². The van der Waals surface area contributed by atoms with Crippen LogP contribution in [0.1, 0.15) is 23.6 Å². The molecule has 0 saturated heterocycles. The van der Waals surface area contributed by atoms with Gasteiger partial charge in [0.05, 0.1) is 11.8 Å². The van der Waals surface area contributed by atoms with Gasteiger partial charge in [0, 0.05) is 18.8 Å². The smallest absolute Gasteiger partial charge is 0.295 e. The van der Waals surface area contributed by atoms with Gasteiger partial charge in [-0.05, 0) is 34.0 Å². The number of rotatable bonds is 5.